The van der Waals surface area contributed by atoms with Crippen LogP contribution in [0.5, 0.6) is 11.5 Å². The van der Waals surface area contributed by atoms with Crippen molar-refractivity contribution in [3.63, 3.8) is 0 Å². The number of carbonyl (C=O) groups excluding carboxylic acids is 1. The minimum absolute atomic E-state index is 0.162. The average molecular weight is 393 g/mol. The van der Waals surface area contributed by atoms with Gasteiger partial charge in [-0.1, -0.05) is 35.3 Å². The minimum Gasteiger partial charge on any atom is -0.454 e. The maximum atomic E-state index is 12.2. The molecule has 25 heavy (non-hydrogen) atoms. The molecule has 0 unspecified atom stereocenters. The van der Waals surface area contributed by atoms with Gasteiger partial charge >= 0.3 is 0 Å². The van der Waals surface area contributed by atoms with Crippen molar-refractivity contribution in [3.8, 4) is 11.5 Å². The van der Waals surface area contributed by atoms with Crippen molar-refractivity contribution in [2.75, 3.05) is 6.79 Å². The number of amidine groups is 1. The summed E-state index contributed by atoms with van der Waals surface area (Å²) < 4.78 is 10.6. The average Bonchev–Trinajstić information content (AvgIpc) is 3.16. The summed E-state index contributed by atoms with van der Waals surface area (Å²) in [6, 6.07) is 10.6. The van der Waals surface area contributed by atoms with Gasteiger partial charge in [-0.15, -0.1) is 0 Å². The van der Waals surface area contributed by atoms with Crippen LogP contribution in [0.15, 0.2) is 46.3 Å². The van der Waals surface area contributed by atoms with E-state index in [4.69, 9.17) is 32.7 Å². The fourth-order valence-electron chi connectivity index (χ4n) is 2.32. The molecule has 0 aliphatic carbocycles. The van der Waals surface area contributed by atoms with Crippen LogP contribution < -0.4 is 14.8 Å². The minimum atomic E-state index is -0.246. The lowest BCUT2D eigenvalue weighted by atomic mass is 10.2. The molecule has 0 aromatic heterocycles. The third-order valence-electron chi connectivity index (χ3n) is 3.50. The number of rotatable bonds is 2. The molecule has 1 saturated heterocycles. The van der Waals surface area contributed by atoms with Crippen LogP contribution in [0.3, 0.4) is 0 Å². The summed E-state index contributed by atoms with van der Waals surface area (Å²) in [5.74, 6) is 0.950. The molecule has 0 saturated carbocycles. The Kier molecular flexibility index (Phi) is 4.33. The summed E-state index contributed by atoms with van der Waals surface area (Å²) in [6.07, 6.45) is 1.69. The molecule has 1 amide bonds. The zero-order valence-electron chi connectivity index (χ0n) is 12.6. The van der Waals surface area contributed by atoms with Gasteiger partial charge in [-0.3, -0.25) is 4.79 Å². The van der Waals surface area contributed by atoms with Crippen molar-refractivity contribution in [2.45, 2.75) is 0 Å². The fourth-order valence-corrected chi connectivity index (χ4v) is 3.53. The second kappa shape index (κ2) is 6.63. The summed E-state index contributed by atoms with van der Waals surface area (Å²) in [5, 5.41) is 4.17. The Morgan fingerprint density at radius 1 is 1.12 bits per heavy atom. The number of hydrogen-bond acceptors (Lipinski definition) is 5. The third-order valence-corrected chi connectivity index (χ3v) is 5.06. The van der Waals surface area contributed by atoms with E-state index in [0.717, 1.165) is 0 Å². The highest BCUT2D eigenvalue weighted by molar-refractivity contribution is 8.18. The van der Waals surface area contributed by atoms with E-state index in [1.54, 1.807) is 30.3 Å². The monoisotopic (exact) mass is 392 g/mol. The van der Waals surface area contributed by atoms with E-state index in [1.165, 1.54) is 11.8 Å². The summed E-state index contributed by atoms with van der Waals surface area (Å²) in [7, 11) is 0. The molecule has 2 aliphatic rings. The topological polar surface area (TPSA) is 59.9 Å². The number of aliphatic imine (C=N–C) groups is 1. The van der Waals surface area contributed by atoms with Crippen molar-refractivity contribution in [1.82, 2.24) is 5.32 Å². The number of para-hydroxylation sites is 1. The van der Waals surface area contributed by atoms with Gasteiger partial charge in [0.25, 0.3) is 5.91 Å². The smallest absolute Gasteiger partial charge is 0.264 e. The predicted octanol–water partition coefficient (Wildman–Crippen LogP) is 4.61. The Morgan fingerprint density at radius 3 is 2.68 bits per heavy atom. The number of hydrogen-bond donors (Lipinski definition) is 1. The van der Waals surface area contributed by atoms with Crippen LogP contribution in [0.25, 0.3) is 6.08 Å². The lowest BCUT2D eigenvalue weighted by molar-refractivity contribution is -0.115. The summed E-state index contributed by atoms with van der Waals surface area (Å²) in [6.45, 7) is 0.162. The summed E-state index contributed by atoms with van der Waals surface area (Å²) in [4.78, 5) is 17.1. The number of carbonyl (C=O) groups is 1. The zero-order valence-corrected chi connectivity index (χ0v) is 14.9. The first-order valence-corrected chi connectivity index (χ1v) is 8.80. The molecule has 0 spiro atoms. The van der Waals surface area contributed by atoms with Crippen molar-refractivity contribution >= 4 is 57.8 Å². The van der Waals surface area contributed by atoms with E-state index in [-0.39, 0.29) is 12.7 Å². The van der Waals surface area contributed by atoms with Gasteiger partial charge in [0.2, 0.25) is 6.79 Å². The first kappa shape index (κ1) is 16.3. The van der Waals surface area contributed by atoms with Crippen LogP contribution in [-0.2, 0) is 4.79 Å². The fraction of sp³-hybridized carbons (Fsp3) is 0.0588. The lowest BCUT2D eigenvalue weighted by Crippen LogP contribution is -2.19. The number of amides is 1. The van der Waals surface area contributed by atoms with Crippen LogP contribution >= 0.6 is 35.0 Å². The number of benzene rings is 2. The quantitative estimate of drug-likeness (QED) is 0.757. The highest BCUT2D eigenvalue weighted by Gasteiger charge is 2.25. The van der Waals surface area contributed by atoms with Crippen molar-refractivity contribution < 1.29 is 14.3 Å². The molecule has 1 fully saturated rings. The second-order valence-corrected chi connectivity index (χ2v) is 7.01. The number of halogens is 2. The molecule has 4 rings (SSSR count). The van der Waals surface area contributed by atoms with Crippen molar-refractivity contribution in [2.24, 2.45) is 4.99 Å². The number of thioether (sulfide) groups is 1. The molecule has 2 aliphatic heterocycles. The molecule has 126 valence electrons. The predicted molar refractivity (Wildman–Crippen MR) is 99.8 cm³/mol. The van der Waals surface area contributed by atoms with Crippen LogP contribution in [0, 0.1) is 0 Å². The number of ether oxygens (including phenoxy) is 2. The summed E-state index contributed by atoms with van der Waals surface area (Å²) in [5.41, 5.74) is 1.26. The van der Waals surface area contributed by atoms with E-state index in [9.17, 15) is 4.79 Å². The van der Waals surface area contributed by atoms with E-state index in [1.807, 2.05) is 12.1 Å². The van der Waals surface area contributed by atoms with Crippen LogP contribution in [0.4, 0.5) is 5.69 Å². The van der Waals surface area contributed by atoms with Gasteiger partial charge in [-0.05, 0) is 41.6 Å². The van der Waals surface area contributed by atoms with E-state index in [2.05, 4.69) is 10.3 Å². The van der Waals surface area contributed by atoms with Gasteiger partial charge < -0.3 is 14.8 Å². The Balaban J connectivity index is 1.63. The van der Waals surface area contributed by atoms with Gasteiger partial charge in [-0.25, -0.2) is 4.99 Å². The van der Waals surface area contributed by atoms with Crippen molar-refractivity contribution in [3.05, 3.63) is 56.9 Å². The first-order valence-electron chi connectivity index (χ1n) is 7.23. The summed E-state index contributed by atoms with van der Waals surface area (Å²) >= 11 is 13.6. The Labute approximate surface area is 157 Å². The lowest BCUT2D eigenvalue weighted by Gasteiger charge is -2.02. The molecule has 0 bridgehead atoms. The standard InChI is InChI=1S/C17H10Cl2N2O3S/c18-10-3-1-2-4-12(10)20-17-21-16(22)15(25-17)6-9-5-13-14(7-11(9)19)24-8-23-13/h1-7H,8H2,(H,20,21,22)/b15-6+. The maximum Gasteiger partial charge on any atom is 0.264 e. The SMILES string of the molecule is O=C1NC(=Nc2ccccc2Cl)S/C1=C/c1cc2c(cc1Cl)OCO2. The second-order valence-electron chi connectivity index (χ2n) is 5.16. The normalized spacial score (nSPS) is 18.9. The Bertz CT molecular complexity index is 943. The molecule has 2 aromatic rings. The zero-order chi connectivity index (χ0) is 17.4. The molecular weight excluding hydrogens is 383 g/mol. The van der Waals surface area contributed by atoms with E-state index >= 15 is 0 Å². The Hall–Kier alpha value is -2.15. The molecule has 2 heterocycles. The van der Waals surface area contributed by atoms with Gasteiger partial charge in [0, 0.05) is 6.07 Å². The van der Waals surface area contributed by atoms with Crippen molar-refractivity contribution in [1.29, 1.82) is 0 Å². The van der Waals surface area contributed by atoms with E-state index in [0.29, 0.717) is 42.9 Å². The van der Waals surface area contributed by atoms with Crippen LogP contribution in [0.1, 0.15) is 5.56 Å². The van der Waals surface area contributed by atoms with Gasteiger partial charge in [0.05, 0.1) is 20.6 Å². The number of fused-ring (bicyclic) bond motifs is 1. The van der Waals surface area contributed by atoms with Crippen LogP contribution in [0.2, 0.25) is 10.0 Å². The third kappa shape index (κ3) is 3.33. The maximum absolute atomic E-state index is 12.2. The highest BCUT2D eigenvalue weighted by atomic mass is 35.5. The molecule has 0 atom stereocenters. The molecule has 2 aromatic carbocycles. The number of nitrogens with zero attached hydrogens (tertiary/aromatic N) is 1. The Morgan fingerprint density at radius 2 is 1.88 bits per heavy atom. The first-order chi connectivity index (χ1) is 12.1. The molecule has 1 N–H and O–H groups in total. The molecule has 5 nitrogen and oxygen atoms in total. The van der Waals surface area contributed by atoms with Gasteiger partial charge in [0.1, 0.15) is 0 Å². The van der Waals surface area contributed by atoms with Gasteiger partial charge in [-0.2, -0.15) is 0 Å². The molecule has 0 radical (unpaired) electrons. The number of nitrogens with one attached hydrogen (secondary N) is 1. The van der Waals surface area contributed by atoms with Crippen LogP contribution in [-0.4, -0.2) is 17.9 Å². The largest absolute Gasteiger partial charge is 0.454 e. The molecule has 8 heteroatoms. The molecular formula is C17H10Cl2N2O3S. The van der Waals surface area contributed by atoms with Gasteiger partial charge in [0.15, 0.2) is 16.7 Å². The highest BCUT2D eigenvalue weighted by Crippen LogP contribution is 2.39. The van der Waals surface area contributed by atoms with E-state index < -0.39 is 0 Å².